The fourth-order valence-electron chi connectivity index (χ4n) is 1.65. The summed E-state index contributed by atoms with van der Waals surface area (Å²) in [4.78, 5) is 0.0687. The van der Waals surface area contributed by atoms with Crippen LogP contribution in [-0.2, 0) is 19.5 Å². The average molecular weight is 292 g/mol. The highest BCUT2D eigenvalue weighted by Gasteiger charge is 2.25. The van der Waals surface area contributed by atoms with Gasteiger partial charge in [0.15, 0.2) is 12.1 Å². The van der Waals surface area contributed by atoms with Gasteiger partial charge in [0.25, 0.3) is 0 Å². The third kappa shape index (κ3) is 4.27. The van der Waals surface area contributed by atoms with E-state index in [1.807, 2.05) is 13.8 Å². The standard InChI is InChI=1S/C11H20N2O5S/c1-5-16-10(17-6-2)7-12-19(14,15)11-8(3)13-18-9(11)4/h10,12H,5-7H2,1-4H3. The summed E-state index contributed by atoms with van der Waals surface area (Å²) in [7, 11) is -3.68. The van der Waals surface area contributed by atoms with Gasteiger partial charge in [-0.25, -0.2) is 13.1 Å². The molecule has 0 bridgehead atoms. The molecule has 1 rings (SSSR count). The Labute approximate surface area is 113 Å². The second-order valence-corrected chi connectivity index (χ2v) is 5.55. The molecule has 1 aromatic rings. The molecule has 110 valence electrons. The van der Waals surface area contributed by atoms with Gasteiger partial charge in [0.05, 0.1) is 6.54 Å². The number of aryl methyl sites for hydroxylation is 2. The smallest absolute Gasteiger partial charge is 0.246 e. The van der Waals surface area contributed by atoms with E-state index >= 15 is 0 Å². The fraction of sp³-hybridized carbons (Fsp3) is 0.727. The largest absolute Gasteiger partial charge is 0.360 e. The number of rotatable bonds is 8. The van der Waals surface area contributed by atoms with E-state index in [2.05, 4.69) is 9.88 Å². The molecule has 7 nitrogen and oxygen atoms in total. The third-order valence-electron chi connectivity index (χ3n) is 2.38. The summed E-state index contributed by atoms with van der Waals surface area (Å²) in [6, 6.07) is 0. The van der Waals surface area contributed by atoms with Crippen molar-refractivity contribution < 1.29 is 22.4 Å². The summed E-state index contributed by atoms with van der Waals surface area (Å²) >= 11 is 0. The molecule has 0 saturated carbocycles. The van der Waals surface area contributed by atoms with Crippen molar-refractivity contribution in [3.05, 3.63) is 11.5 Å². The highest BCUT2D eigenvalue weighted by Crippen LogP contribution is 2.18. The van der Waals surface area contributed by atoms with E-state index in [4.69, 9.17) is 14.0 Å². The van der Waals surface area contributed by atoms with Gasteiger partial charge < -0.3 is 14.0 Å². The Bertz CT molecular complexity index is 472. The minimum absolute atomic E-state index is 0.0358. The number of ether oxygens (including phenoxy) is 2. The second kappa shape index (κ2) is 6.99. The lowest BCUT2D eigenvalue weighted by Crippen LogP contribution is -2.35. The Kier molecular flexibility index (Phi) is 5.92. The molecule has 1 N–H and O–H groups in total. The van der Waals surface area contributed by atoms with Crippen LogP contribution in [0.15, 0.2) is 9.42 Å². The van der Waals surface area contributed by atoms with Crippen molar-refractivity contribution in [2.24, 2.45) is 0 Å². The Balaban J connectivity index is 2.75. The minimum Gasteiger partial charge on any atom is -0.360 e. The molecule has 19 heavy (non-hydrogen) atoms. The van der Waals surface area contributed by atoms with Crippen LogP contribution in [0, 0.1) is 13.8 Å². The van der Waals surface area contributed by atoms with Crippen molar-refractivity contribution in [3.63, 3.8) is 0 Å². The number of sulfonamides is 1. The van der Waals surface area contributed by atoms with Crippen LogP contribution in [0.25, 0.3) is 0 Å². The summed E-state index contributed by atoms with van der Waals surface area (Å²) in [6.45, 7) is 7.68. The molecule has 0 aromatic carbocycles. The van der Waals surface area contributed by atoms with Gasteiger partial charge in [-0.1, -0.05) is 5.16 Å². The number of hydrogen-bond donors (Lipinski definition) is 1. The van der Waals surface area contributed by atoms with Gasteiger partial charge in [0.2, 0.25) is 10.0 Å². The lowest BCUT2D eigenvalue weighted by Gasteiger charge is -2.17. The second-order valence-electron chi connectivity index (χ2n) is 3.85. The van der Waals surface area contributed by atoms with E-state index in [0.717, 1.165) is 0 Å². The van der Waals surface area contributed by atoms with Crippen molar-refractivity contribution >= 4 is 10.0 Å². The molecule has 0 atom stereocenters. The fourth-order valence-corrected chi connectivity index (χ4v) is 2.99. The summed E-state index contributed by atoms with van der Waals surface area (Å²) in [5.74, 6) is 0.259. The Morgan fingerprint density at radius 1 is 1.26 bits per heavy atom. The van der Waals surface area contributed by atoms with Crippen LogP contribution in [0.5, 0.6) is 0 Å². The van der Waals surface area contributed by atoms with E-state index in [1.165, 1.54) is 0 Å². The van der Waals surface area contributed by atoms with Crippen LogP contribution in [0.3, 0.4) is 0 Å². The molecule has 0 aliphatic rings. The predicted molar refractivity (Wildman–Crippen MR) is 68.2 cm³/mol. The number of aromatic nitrogens is 1. The zero-order valence-electron chi connectivity index (χ0n) is 11.6. The van der Waals surface area contributed by atoms with Gasteiger partial charge in [-0.15, -0.1) is 0 Å². The molecule has 8 heteroatoms. The van der Waals surface area contributed by atoms with Gasteiger partial charge in [0, 0.05) is 13.2 Å². The minimum atomic E-state index is -3.68. The normalized spacial score (nSPS) is 12.3. The van der Waals surface area contributed by atoms with E-state index in [-0.39, 0.29) is 17.2 Å². The summed E-state index contributed by atoms with van der Waals surface area (Å²) in [5.41, 5.74) is 0.328. The lowest BCUT2D eigenvalue weighted by molar-refractivity contribution is -0.130. The predicted octanol–water partition coefficient (Wildman–Crippen LogP) is 0.969. The highest BCUT2D eigenvalue weighted by atomic mass is 32.2. The SMILES string of the molecule is CCOC(CNS(=O)(=O)c1c(C)noc1C)OCC. The molecule has 0 fully saturated rings. The molecule has 1 heterocycles. The van der Waals surface area contributed by atoms with Crippen LogP contribution >= 0.6 is 0 Å². The molecule has 0 amide bonds. The van der Waals surface area contributed by atoms with Crippen LogP contribution in [-0.4, -0.2) is 39.6 Å². The van der Waals surface area contributed by atoms with Gasteiger partial charge in [0.1, 0.15) is 10.6 Å². The van der Waals surface area contributed by atoms with E-state index < -0.39 is 16.3 Å². The number of nitrogens with zero attached hydrogens (tertiary/aromatic N) is 1. The van der Waals surface area contributed by atoms with Crippen LogP contribution in [0.4, 0.5) is 0 Å². The number of hydrogen-bond acceptors (Lipinski definition) is 6. The third-order valence-corrected chi connectivity index (χ3v) is 4.05. The van der Waals surface area contributed by atoms with Crippen LogP contribution in [0.1, 0.15) is 25.3 Å². The molecule has 0 radical (unpaired) electrons. The molecule has 0 unspecified atom stereocenters. The Morgan fingerprint density at radius 3 is 2.26 bits per heavy atom. The first-order chi connectivity index (χ1) is 8.92. The lowest BCUT2D eigenvalue weighted by atomic mass is 10.4. The molecule has 0 aliphatic heterocycles. The van der Waals surface area contributed by atoms with Gasteiger partial charge in [-0.05, 0) is 27.7 Å². The summed E-state index contributed by atoms with van der Waals surface area (Å²) in [5, 5.41) is 3.63. The van der Waals surface area contributed by atoms with Gasteiger partial charge in [-0.2, -0.15) is 0 Å². The Morgan fingerprint density at radius 2 is 1.84 bits per heavy atom. The van der Waals surface area contributed by atoms with E-state index in [0.29, 0.717) is 18.9 Å². The van der Waals surface area contributed by atoms with E-state index in [1.54, 1.807) is 13.8 Å². The highest BCUT2D eigenvalue weighted by molar-refractivity contribution is 7.89. The quantitative estimate of drug-likeness (QED) is 0.718. The van der Waals surface area contributed by atoms with E-state index in [9.17, 15) is 8.42 Å². The van der Waals surface area contributed by atoms with Crippen molar-refractivity contribution in [1.29, 1.82) is 0 Å². The van der Waals surface area contributed by atoms with Crippen molar-refractivity contribution in [2.45, 2.75) is 38.9 Å². The molecular weight excluding hydrogens is 272 g/mol. The molecule has 1 aromatic heterocycles. The average Bonchev–Trinajstić information content (AvgIpc) is 2.67. The molecule has 0 spiro atoms. The number of nitrogens with one attached hydrogen (secondary N) is 1. The van der Waals surface area contributed by atoms with Crippen molar-refractivity contribution in [2.75, 3.05) is 19.8 Å². The zero-order valence-corrected chi connectivity index (χ0v) is 12.4. The first-order valence-corrected chi connectivity index (χ1v) is 7.56. The van der Waals surface area contributed by atoms with Gasteiger partial charge >= 0.3 is 0 Å². The maximum atomic E-state index is 12.1. The Hall–Kier alpha value is -0.960. The molecule has 0 saturated heterocycles. The monoisotopic (exact) mass is 292 g/mol. The first kappa shape index (κ1) is 16.1. The maximum Gasteiger partial charge on any atom is 0.246 e. The van der Waals surface area contributed by atoms with Crippen LogP contribution in [0.2, 0.25) is 0 Å². The summed E-state index contributed by atoms with van der Waals surface area (Å²) in [6.07, 6.45) is -0.606. The maximum absolute atomic E-state index is 12.1. The molecule has 0 aliphatic carbocycles. The zero-order chi connectivity index (χ0) is 14.5. The molecular formula is C11H20N2O5S. The summed E-state index contributed by atoms with van der Waals surface area (Å²) < 4.78 is 42.1. The topological polar surface area (TPSA) is 90.7 Å². The van der Waals surface area contributed by atoms with Crippen LogP contribution < -0.4 is 4.72 Å². The van der Waals surface area contributed by atoms with Crippen molar-refractivity contribution in [1.82, 2.24) is 9.88 Å². The first-order valence-electron chi connectivity index (χ1n) is 6.08. The van der Waals surface area contributed by atoms with Crippen molar-refractivity contribution in [3.8, 4) is 0 Å². The van der Waals surface area contributed by atoms with Gasteiger partial charge in [-0.3, -0.25) is 0 Å².